The van der Waals surface area contributed by atoms with Crippen molar-refractivity contribution in [3.8, 4) is 0 Å². The highest BCUT2D eigenvalue weighted by Gasteiger charge is 2.13. The Morgan fingerprint density at radius 1 is 1.58 bits per heavy atom. The van der Waals surface area contributed by atoms with Crippen LogP contribution in [0.5, 0.6) is 0 Å². The smallest absolute Gasteiger partial charge is 0.251 e. The minimum atomic E-state index is -0.556. The van der Waals surface area contributed by atoms with Crippen molar-refractivity contribution in [2.24, 2.45) is 5.73 Å². The summed E-state index contributed by atoms with van der Waals surface area (Å²) in [5, 5.41) is 14.0. The third kappa shape index (κ3) is 5.37. The van der Waals surface area contributed by atoms with Gasteiger partial charge in [0.2, 0.25) is 5.91 Å². The lowest BCUT2D eigenvalue weighted by Gasteiger charge is -2.16. The summed E-state index contributed by atoms with van der Waals surface area (Å²) in [6.45, 7) is 2.53. The molecule has 1 aromatic heterocycles. The Morgan fingerprint density at radius 2 is 2.26 bits per heavy atom. The number of likely N-dealkylation sites (N-methyl/N-ethyl adjacent to an activating group) is 1. The van der Waals surface area contributed by atoms with Crippen molar-refractivity contribution >= 4 is 28.2 Å². The van der Waals surface area contributed by atoms with E-state index in [-0.39, 0.29) is 18.6 Å². The standard InChI is InChI=1S/C12H19N3O3S/c1-8(16)3-5-15(2)7-10(17)14-12-9(11(13)18)4-6-19-12/h4,6,8,16H,3,5,7H2,1-2H3,(H2,13,18)(H,14,17). The highest BCUT2D eigenvalue weighted by Crippen LogP contribution is 2.22. The molecule has 19 heavy (non-hydrogen) atoms. The Bertz CT molecular complexity index is 445. The number of nitrogens with two attached hydrogens (primary N) is 1. The van der Waals surface area contributed by atoms with Crippen molar-refractivity contribution in [2.75, 3.05) is 25.5 Å². The molecule has 1 atom stereocenters. The summed E-state index contributed by atoms with van der Waals surface area (Å²) >= 11 is 1.26. The number of carbonyl (C=O) groups excluding carboxylic acids is 2. The number of aliphatic hydroxyl groups excluding tert-OH is 1. The topological polar surface area (TPSA) is 95.7 Å². The molecule has 7 heteroatoms. The molecule has 1 rings (SSSR count). The first-order valence-electron chi connectivity index (χ1n) is 5.94. The van der Waals surface area contributed by atoms with E-state index < -0.39 is 5.91 Å². The minimum absolute atomic E-state index is 0.197. The number of rotatable bonds is 7. The summed E-state index contributed by atoms with van der Waals surface area (Å²) in [5.74, 6) is -0.767. The van der Waals surface area contributed by atoms with Crippen LogP contribution >= 0.6 is 11.3 Å². The number of aliphatic hydroxyl groups is 1. The molecule has 1 heterocycles. The molecule has 0 aromatic carbocycles. The molecule has 0 aliphatic carbocycles. The van der Waals surface area contributed by atoms with E-state index in [0.717, 1.165) is 0 Å². The fourth-order valence-corrected chi connectivity index (χ4v) is 2.31. The molecule has 1 aromatic rings. The molecule has 106 valence electrons. The van der Waals surface area contributed by atoms with Crippen LogP contribution in [-0.4, -0.2) is 48.1 Å². The second kappa shape index (κ2) is 7.22. The Balaban J connectivity index is 2.46. The number of anilines is 1. The number of amides is 2. The molecular formula is C12H19N3O3S. The molecule has 0 saturated carbocycles. The molecule has 0 fully saturated rings. The molecule has 0 spiro atoms. The maximum Gasteiger partial charge on any atom is 0.251 e. The van der Waals surface area contributed by atoms with E-state index in [1.165, 1.54) is 11.3 Å². The van der Waals surface area contributed by atoms with Crippen LogP contribution in [0.15, 0.2) is 11.4 Å². The van der Waals surface area contributed by atoms with Crippen LogP contribution in [0.4, 0.5) is 5.00 Å². The van der Waals surface area contributed by atoms with E-state index in [4.69, 9.17) is 10.8 Å². The zero-order valence-electron chi connectivity index (χ0n) is 11.0. The van der Waals surface area contributed by atoms with Gasteiger partial charge in [-0.3, -0.25) is 14.5 Å². The van der Waals surface area contributed by atoms with Gasteiger partial charge in [0.05, 0.1) is 18.2 Å². The van der Waals surface area contributed by atoms with Crippen molar-refractivity contribution in [1.82, 2.24) is 4.90 Å². The summed E-state index contributed by atoms with van der Waals surface area (Å²) in [5.41, 5.74) is 5.52. The second-order valence-electron chi connectivity index (χ2n) is 4.45. The molecule has 6 nitrogen and oxygen atoms in total. The monoisotopic (exact) mass is 285 g/mol. The molecule has 4 N–H and O–H groups in total. The summed E-state index contributed by atoms with van der Waals surface area (Å²) in [4.78, 5) is 24.7. The van der Waals surface area contributed by atoms with E-state index in [2.05, 4.69) is 5.32 Å². The molecule has 0 aliphatic rings. The predicted molar refractivity (Wildman–Crippen MR) is 75.3 cm³/mol. The van der Waals surface area contributed by atoms with Crippen LogP contribution in [0.25, 0.3) is 0 Å². The first-order chi connectivity index (χ1) is 8.90. The molecule has 0 aliphatic heterocycles. The highest BCUT2D eigenvalue weighted by molar-refractivity contribution is 7.14. The number of hydrogen-bond donors (Lipinski definition) is 3. The maximum absolute atomic E-state index is 11.8. The third-order valence-corrected chi connectivity index (χ3v) is 3.36. The number of nitrogens with one attached hydrogen (secondary N) is 1. The van der Waals surface area contributed by atoms with Gasteiger partial charge in [0, 0.05) is 6.54 Å². The number of hydrogen-bond acceptors (Lipinski definition) is 5. The number of nitrogens with zero attached hydrogens (tertiary/aromatic N) is 1. The predicted octanol–water partition coefficient (Wildman–Crippen LogP) is 0.488. The van der Waals surface area contributed by atoms with Gasteiger partial charge in [-0.15, -0.1) is 11.3 Å². The van der Waals surface area contributed by atoms with E-state index in [9.17, 15) is 9.59 Å². The number of thiophene rings is 1. The van der Waals surface area contributed by atoms with Gasteiger partial charge in [0.1, 0.15) is 5.00 Å². The van der Waals surface area contributed by atoms with Crippen LogP contribution in [0.1, 0.15) is 23.7 Å². The van der Waals surface area contributed by atoms with Gasteiger partial charge < -0.3 is 16.2 Å². The lowest BCUT2D eigenvalue weighted by atomic mass is 10.3. The largest absolute Gasteiger partial charge is 0.393 e. The summed E-state index contributed by atoms with van der Waals surface area (Å²) in [6.07, 6.45) is 0.222. The molecule has 0 saturated heterocycles. The van der Waals surface area contributed by atoms with Crippen LogP contribution in [-0.2, 0) is 4.79 Å². The van der Waals surface area contributed by atoms with E-state index in [0.29, 0.717) is 23.5 Å². The molecule has 1 unspecified atom stereocenters. The second-order valence-corrected chi connectivity index (χ2v) is 5.37. The summed E-state index contributed by atoms with van der Waals surface area (Å²) in [7, 11) is 1.80. The van der Waals surface area contributed by atoms with Crippen molar-refractivity contribution in [2.45, 2.75) is 19.4 Å². The van der Waals surface area contributed by atoms with Crippen molar-refractivity contribution in [1.29, 1.82) is 0 Å². The Morgan fingerprint density at radius 3 is 2.84 bits per heavy atom. The SMILES string of the molecule is CC(O)CCN(C)CC(=O)Nc1sccc1C(N)=O. The van der Waals surface area contributed by atoms with E-state index >= 15 is 0 Å². The van der Waals surface area contributed by atoms with E-state index in [1.54, 1.807) is 30.3 Å². The first-order valence-corrected chi connectivity index (χ1v) is 6.82. The lowest BCUT2D eigenvalue weighted by Crippen LogP contribution is -2.32. The fraction of sp³-hybridized carbons (Fsp3) is 0.500. The quantitative estimate of drug-likeness (QED) is 0.679. The highest BCUT2D eigenvalue weighted by atomic mass is 32.1. The van der Waals surface area contributed by atoms with E-state index in [1.807, 2.05) is 0 Å². The van der Waals surface area contributed by atoms with Gasteiger partial charge in [0.15, 0.2) is 0 Å². The average Bonchev–Trinajstić information content (AvgIpc) is 2.74. The first kappa shape index (κ1) is 15.6. The zero-order chi connectivity index (χ0) is 14.4. The van der Waals surface area contributed by atoms with Gasteiger partial charge in [-0.1, -0.05) is 0 Å². The molecule has 0 radical (unpaired) electrons. The summed E-state index contributed by atoms with van der Waals surface area (Å²) < 4.78 is 0. The molecule has 2 amide bonds. The third-order valence-electron chi connectivity index (χ3n) is 2.53. The Kier molecular flexibility index (Phi) is 5.94. The van der Waals surface area contributed by atoms with Gasteiger partial charge in [-0.25, -0.2) is 0 Å². The Labute approximate surface area is 116 Å². The van der Waals surface area contributed by atoms with Gasteiger partial charge >= 0.3 is 0 Å². The fourth-order valence-electron chi connectivity index (χ4n) is 1.50. The normalized spacial score (nSPS) is 12.4. The van der Waals surface area contributed by atoms with Crippen molar-refractivity contribution in [3.05, 3.63) is 17.0 Å². The van der Waals surface area contributed by atoms with Crippen molar-refractivity contribution < 1.29 is 14.7 Å². The van der Waals surface area contributed by atoms with Gasteiger partial charge in [-0.2, -0.15) is 0 Å². The lowest BCUT2D eigenvalue weighted by molar-refractivity contribution is -0.117. The van der Waals surface area contributed by atoms with Crippen LogP contribution < -0.4 is 11.1 Å². The van der Waals surface area contributed by atoms with Crippen molar-refractivity contribution in [3.63, 3.8) is 0 Å². The number of primary amides is 1. The van der Waals surface area contributed by atoms with Crippen LogP contribution in [0.3, 0.4) is 0 Å². The van der Waals surface area contributed by atoms with Gasteiger partial charge in [-0.05, 0) is 31.8 Å². The molecular weight excluding hydrogens is 266 g/mol. The molecule has 0 bridgehead atoms. The minimum Gasteiger partial charge on any atom is -0.393 e. The summed E-state index contributed by atoms with van der Waals surface area (Å²) in [6, 6.07) is 1.58. The van der Waals surface area contributed by atoms with Gasteiger partial charge in [0.25, 0.3) is 5.91 Å². The van der Waals surface area contributed by atoms with Crippen LogP contribution in [0, 0.1) is 0 Å². The Hall–Kier alpha value is -1.44. The maximum atomic E-state index is 11.8. The zero-order valence-corrected chi connectivity index (χ0v) is 11.9. The van der Waals surface area contributed by atoms with Crippen LogP contribution in [0.2, 0.25) is 0 Å². The average molecular weight is 285 g/mol. The number of carbonyl (C=O) groups is 2.